The molecule has 0 aromatic heterocycles. The van der Waals surface area contributed by atoms with Gasteiger partial charge in [-0.2, -0.15) is 0 Å². The number of imide groups is 1. The van der Waals surface area contributed by atoms with Gasteiger partial charge in [-0.25, -0.2) is 9.69 Å². The second-order valence-corrected chi connectivity index (χ2v) is 9.58. The number of anilines is 2. The summed E-state index contributed by atoms with van der Waals surface area (Å²) < 4.78 is 5.21. The molecule has 3 amide bonds. The molecule has 4 rings (SSSR count). The van der Waals surface area contributed by atoms with Crippen LogP contribution in [0.1, 0.15) is 66.2 Å². The molecule has 1 fully saturated rings. The number of amides is 3. The molecule has 0 bridgehead atoms. The van der Waals surface area contributed by atoms with Crippen molar-refractivity contribution < 1.29 is 23.9 Å². The molecule has 1 aliphatic carbocycles. The van der Waals surface area contributed by atoms with Crippen LogP contribution in [0, 0.1) is 0 Å². The molecule has 0 unspecified atom stereocenters. The van der Waals surface area contributed by atoms with Gasteiger partial charge in [-0.1, -0.05) is 56.0 Å². The Balaban J connectivity index is 1.55. The third kappa shape index (κ3) is 5.54. The number of hydrogen-bond donors (Lipinski definition) is 1. The number of carbonyl (C=O) groups excluding carboxylic acids is 4. The first-order valence-electron chi connectivity index (χ1n) is 12.5. The maximum absolute atomic E-state index is 13.3. The van der Waals surface area contributed by atoms with Crippen LogP contribution in [0.2, 0.25) is 0 Å². The second-order valence-electron chi connectivity index (χ2n) is 9.20. The summed E-state index contributed by atoms with van der Waals surface area (Å²) in [6.45, 7) is 2.08. The molecule has 2 aliphatic rings. The zero-order valence-electron chi connectivity index (χ0n) is 21.0. The van der Waals surface area contributed by atoms with E-state index in [9.17, 15) is 19.2 Å². The van der Waals surface area contributed by atoms with Crippen molar-refractivity contribution in [1.29, 1.82) is 0 Å². The van der Waals surface area contributed by atoms with Gasteiger partial charge < -0.3 is 15.0 Å². The Morgan fingerprint density at radius 3 is 2.51 bits per heavy atom. The lowest BCUT2D eigenvalue weighted by Crippen LogP contribution is -2.38. The molecule has 0 radical (unpaired) electrons. The summed E-state index contributed by atoms with van der Waals surface area (Å²) in [4.78, 5) is 54.6. The molecule has 2 aromatic rings. The minimum atomic E-state index is -0.755. The number of rotatable bonds is 8. The van der Waals surface area contributed by atoms with Crippen molar-refractivity contribution in [3.63, 3.8) is 0 Å². The Labute approximate surface area is 221 Å². The molecule has 1 N–H and O–H groups in total. The van der Waals surface area contributed by atoms with Crippen LogP contribution < -0.4 is 10.2 Å². The van der Waals surface area contributed by atoms with E-state index >= 15 is 0 Å². The zero-order valence-corrected chi connectivity index (χ0v) is 21.7. The van der Waals surface area contributed by atoms with Crippen molar-refractivity contribution in [3.05, 3.63) is 70.4 Å². The first-order valence-corrected chi connectivity index (χ1v) is 12.9. The molecule has 1 heterocycles. The highest BCUT2D eigenvalue weighted by Gasteiger charge is 2.40. The third-order valence-electron chi connectivity index (χ3n) is 6.65. The van der Waals surface area contributed by atoms with Gasteiger partial charge in [0, 0.05) is 24.3 Å². The zero-order chi connectivity index (χ0) is 26.5. The Kier molecular flexibility index (Phi) is 8.28. The van der Waals surface area contributed by atoms with Crippen LogP contribution >= 0.6 is 11.6 Å². The van der Waals surface area contributed by atoms with Crippen LogP contribution in [-0.2, 0) is 14.3 Å². The molecule has 194 valence electrons. The van der Waals surface area contributed by atoms with Crippen molar-refractivity contribution in [2.45, 2.75) is 51.5 Å². The van der Waals surface area contributed by atoms with Crippen LogP contribution in [0.4, 0.5) is 11.4 Å². The van der Waals surface area contributed by atoms with Crippen LogP contribution in [0.25, 0.3) is 0 Å². The van der Waals surface area contributed by atoms with Crippen molar-refractivity contribution in [3.8, 4) is 0 Å². The Morgan fingerprint density at radius 1 is 1.05 bits per heavy atom. The molecular formula is C28H30ClN3O5. The number of carbonyl (C=O) groups is 4. The highest BCUT2D eigenvalue weighted by atomic mass is 35.5. The topological polar surface area (TPSA) is 96.0 Å². The molecule has 0 atom stereocenters. The van der Waals surface area contributed by atoms with E-state index in [0.717, 1.165) is 30.6 Å². The summed E-state index contributed by atoms with van der Waals surface area (Å²) in [5, 5.41) is 2.61. The fourth-order valence-electron chi connectivity index (χ4n) is 4.66. The minimum absolute atomic E-state index is 0.0849. The fraction of sp³-hybridized carbons (Fsp3) is 0.357. The number of hydrogen-bond acceptors (Lipinski definition) is 6. The van der Waals surface area contributed by atoms with Crippen LogP contribution in [0.15, 0.2) is 59.3 Å². The van der Waals surface area contributed by atoms with Crippen molar-refractivity contribution in [2.75, 3.05) is 23.9 Å². The molecule has 0 spiro atoms. The second kappa shape index (κ2) is 11.6. The number of ether oxygens (including phenoxy) is 1. The first kappa shape index (κ1) is 26.4. The number of halogens is 1. The van der Waals surface area contributed by atoms with Crippen LogP contribution in [0.5, 0.6) is 0 Å². The normalized spacial score (nSPS) is 16.2. The average Bonchev–Trinajstić information content (AvgIpc) is 3.14. The Bertz CT molecular complexity index is 1250. The van der Waals surface area contributed by atoms with Crippen LogP contribution in [-0.4, -0.2) is 48.3 Å². The molecule has 37 heavy (non-hydrogen) atoms. The predicted molar refractivity (Wildman–Crippen MR) is 141 cm³/mol. The van der Waals surface area contributed by atoms with Crippen molar-refractivity contribution in [1.82, 2.24) is 4.90 Å². The molecule has 1 aliphatic heterocycles. The summed E-state index contributed by atoms with van der Waals surface area (Å²) in [6, 6.07) is 13.2. The van der Waals surface area contributed by atoms with E-state index in [-0.39, 0.29) is 40.5 Å². The van der Waals surface area contributed by atoms with Gasteiger partial charge in [-0.05, 0) is 49.6 Å². The molecule has 2 aromatic carbocycles. The molecule has 1 saturated carbocycles. The van der Waals surface area contributed by atoms with Crippen molar-refractivity contribution in [2.24, 2.45) is 0 Å². The van der Waals surface area contributed by atoms with E-state index in [1.165, 1.54) is 18.6 Å². The summed E-state index contributed by atoms with van der Waals surface area (Å²) in [5.41, 5.74) is 0.948. The number of para-hydroxylation sites is 1. The van der Waals surface area contributed by atoms with E-state index in [2.05, 4.69) is 5.32 Å². The predicted octanol–water partition coefficient (Wildman–Crippen LogP) is 5.09. The lowest BCUT2D eigenvalue weighted by atomic mass is 9.94. The summed E-state index contributed by atoms with van der Waals surface area (Å²) in [6.07, 6.45) is 6.04. The maximum atomic E-state index is 13.3. The Hall–Kier alpha value is -3.65. The standard InChI is InChI=1S/C28H30ClN3O5/c1-3-16-37-28(36)21-14-7-8-15-22(21)32-26(34)23(29)24(27(32)35)30-19-11-9-10-18(17-19)25(33)31(2)20-12-5-4-6-13-20/h7-11,14-15,17,20,30H,3-6,12-13,16H2,1-2H3. The SMILES string of the molecule is CCCOC(=O)c1ccccc1N1C(=O)C(Cl)=C(Nc2cccc(C(=O)N(C)C3CCCCC3)c2)C1=O. The van der Waals surface area contributed by atoms with E-state index in [1.807, 2.05) is 14.0 Å². The van der Waals surface area contributed by atoms with Crippen LogP contribution in [0.3, 0.4) is 0 Å². The van der Waals surface area contributed by atoms with Gasteiger partial charge >= 0.3 is 5.97 Å². The van der Waals surface area contributed by atoms with Crippen molar-refractivity contribution >= 4 is 46.7 Å². The first-order chi connectivity index (χ1) is 17.8. The van der Waals surface area contributed by atoms with Gasteiger partial charge in [0.2, 0.25) is 0 Å². The summed E-state index contributed by atoms with van der Waals surface area (Å²) in [7, 11) is 1.82. The molecule has 8 nitrogen and oxygen atoms in total. The van der Waals surface area contributed by atoms with Gasteiger partial charge in [0.15, 0.2) is 0 Å². The van der Waals surface area contributed by atoms with Gasteiger partial charge in [-0.3, -0.25) is 14.4 Å². The minimum Gasteiger partial charge on any atom is -0.462 e. The van der Waals surface area contributed by atoms with Gasteiger partial charge in [0.25, 0.3) is 17.7 Å². The van der Waals surface area contributed by atoms with E-state index in [1.54, 1.807) is 41.3 Å². The molecule has 9 heteroatoms. The van der Waals surface area contributed by atoms with Gasteiger partial charge in [0.05, 0.1) is 17.9 Å². The molecular weight excluding hydrogens is 494 g/mol. The lowest BCUT2D eigenvalue weighted by molar-refractivity contribution is -0.120. The van der Waals surface area contributed by atoms with E-state index in [4.69, 9.17) is 16.3 Å². The highest BCUT2D eigenvalue weighted by molar-refractivity contribution is 6.53. The average molecular weight is 524 g/mol. The molecule has 0 saturated heterocycles. The number of esters is 1. The van der Waals surface area contributed by atoms with E-state index in [0.29, 0.717) is 17.7 Å². The lowest BCUT2D eigenvalue weighted by Gasteiger charge is -2.31. The van der Waals surface area contributed by atoms with Gasteiger partial charge in [-0.15, -0.1) is 0 Å². The van der Waals surface area contributed by atoms with E-state index < -0.39 is 17.8 Å². The fourth-order valence-corrected chi connectivity index (χ4v) is 4.87. The number of nitrogens with one attached hydrogen (secondary N) is 1. The third-order valence-corrected chi connectivity index (χ3v) is 7.00. The highest BCUT2D eigenvalue weighted by Crippen LogP contribution is 2.33. The summed E-state index contributed by atoms with van der Waals surface area (Å²) in [5.74, 6) is -2.20. The summed E-state index contributed by atoms with van der Waals surface area (Å²) >= 11 is 6.30. The largest absolute Gasteiger partial charge is 0.462 e. The monoisotopic (exact) mass is 523 g/mol. The Morgan fingerprint density at radius 2 is 1.78 bits per heavy atom. The smallest absolute Gasteiger partial charge is 0.340 e. The quantitative estimate of drug-likeness (QED) is 0.382. The number of nitrogens with zero attached hydrogens (tertiary/aromatic N) is 2. The van der Waals surface area contributed by atoms with Gasteiger partial charge in [0.1, 0.15) is 10.7 Å². The maximum Gasteiger partial charge on any atom is 0.340 e. The number of benzene rings is 2.